The van der Waals surface area contributed by atoms with Gasteiger partial charge < -0.3 is 10.4 Å². The van der Waals surface area contributed by atoms with Crippen molar-refractivity contribution in [1.82, 2.24) is 0 Å². The molecule has 74 valence electrons. The molecule has 0 unspecified atom stereocenters. The van der Waals surface area contributed by atoms with Crippen molar-refractivity contribution >= 4 is 27.6 Å². The Morgan fingerprint density at radius 3 is 2.86 bits per heavy atom. The van der Waals surface area contributed by atoms with Crippen molar-refractivity contribution in [2.75, 3.05) is 11.9 Å². The number of halogens is 1. The summed E-state index contributed by atoms with van der Waals surface area (Å²) in [6, 6.07) is 4.95. The molecule has 0 bridgehead atoms. The summed E-state index contributed by atoms with van der Waals surface area (Å²) in [5.74, 6) is -0.937. The highest BCUT2D eigenvalue weighted by atomic mass is 79.9. The van der Waals surface area contributed by atoms with Gasteiger partial charge in [-0.25, -0.2) is 4.79 Å². The molecule has 0 aliphatic rings. The standard InChI is InChI=1S/C10H10BrNO2/c1-2-3-12-9-5-7(10(13)14)4-8(11)6-9/h2,4-6,12H,1,3H2,(H,13,14). The Morgan fingerprint density at radius 1 is 1.57 bits per heavy atom. The van der Waals surface area contributed by atoms with Crippen molar-refractivity contribution in [3.8, 4) is 0 Å². The molecule has 0 aliphatic carbocycles. The van der Waals surface area contributed by atoms with Crippen LogP contribution in [0.3, 0.4) is 0 Å². The average molecular weight is 256 g/mol. The molecule has 2 N–H and O–H groups in total. The molecule has 0 radical (unpaired) electrons. The van der Waals surface area contributed by atoms with Gasteiger partial charge in [0.2, 0.25) is 0 Å². The summed E-state index contributed by atoms with van der Waals surface area (Å²) in [6.07, 6.45) is 1.71. The number of carbonyl (C=O) groups is 1. The lowest BCUT2D eigenvalue weighted by Gasteiger charge is -2.05. The van der Waals surface area contributed by atoms with E-state index < -0.39 is 5.97 Å². The molecule has 1 aromatic carbocycles. The van der Waals surface area contributed by atoms with Crippen molar-refractivity contribution in [1.29, 1.82) is 0 Å². The van der Waals surface area contributed by atoms with Gasteiger partial charge in [0.15, 0.2) is 0 Å². The van der Waals surface area contributed by atoms with Gasteiger partial charge in [-0.3, -0.25) is 0 Å². The van der Waals surface area contributed by atoms with E-state index in [-0.39, 0.29) is 5.56 Å². The van der Waals surface area contributed by atoms with Crippen LogP contribution in [0.15, 0.2) is 35.3 Å². The van der Waals surface area contributed by atoms with Crippen molar-refractivity contribution in [2.45, 2.75) is 0 Å². The second-order valence-corrected chi connectivity index (χ2v) is 3.62. The minimum Gasteiger partial charge on any atom is -0.478 e. The van der Waals surface area contributed by atoms with Crippen LogP contribution >= 0.6 is 15.9 Å². The monoisotopic (exact) mass is 255 g/mol. The van der Waals surface area contributed by atoms with Crippen LogP contribution in [0, 0.1) is 0 Å². The molecule has 14 heavy (non-hydrogen) atoms. The summed E-state index contributed by atoms with van der Waals surface area (Å²) >= 11 is 3.24. The van der Waals surface area contributed by atoms with E-state index in [0.29, 0.717) is 6.54 Å². The number of carboxylic acids is 1. The van der Waals surface area contributed by atoms with Crippen molar-refractivity contribution < 1.29 is 9.90 Å². The molecule has 0 saturated carbocycles. The van der Waals surface area contributed by atoms with Crippen LogP contribution in [0.4, 0.5) is 5.69 Å². The molecule has 1 rings (SSSR count). The molecule has 0 saturated heterocycles. The van der Waals surface area contributed by atoms with Crippen molar-refractivity contribution in [3.63, 3.8) is 0 Å². The number of anilines is 1. The Kier molecular flexibility index (Phi) is 3.71. The van der Waals surface area contributed by atoms with Crippen LogP contribution in [0.5, 0.6) is 0 Å². The Labute approximate surface area is 90.6 Å². The zero-order valence-corrected chi connectivity index (χ0v) is 9.04. The van der Waals surface area contributed by atoms with Crippen LogP contribution in [-0.2, 0) is 0 Å². The van der Waals surface area contributed by atoms with Gasteiger partial charge in [-0.1, -0.05) is 22.0 Å². The van der Waals surface area contributed by atoms with Gasteiger partial charge in [0, 0.05) is 16.7 Å². The Hall–Kier alpha value is -1.29. The van der Waals surface area contributed by atoms with Crippen molar-refractivity contribution in [3.05, 3.63) is 40.9 Å². The van der Waals surface area contributed by atoms with E-state index in [0.717, 1.165) is 10.2 Å². The zero-order chi connectivity index (χ0) is 10.6. The molecule has 0 heterocycles. The molecule has 0 aliphatic heterocycles. The lowest BCUT2D eigenvalue weighted by molar-refractivity contribution is 0.0697. The average Bonchev–Trinajstić information content (AvgIpc) is 2.14. The molecule has 0 fully saturated rings. The third-order valence-electron chi connectivity index (χ3n) is 1.60. The van der Waals surface area contributed by atoms with Gasteiger partial charge in [-0.15, -0.1) is 6.58 Å². The fourth-order valence-corrected chi connectivity index (χ4v) is 1.50. The van der Waals surface area contributed by atoms with E-state index in [9.17, 15) is 4.79 Å². The molecule has 0 aromatic heterocycles. The zero-order valence-electron chi connectivity index (χ0n) is 7.46. The Balaban J connectivity index is 2.94. The fraction of sp³-hybridized carbons (Fsp3) is 0.100. The van der Waals surface area contributed by atoms with Crippen LogP contribution < -0.4 is 5.32 Å². The lowest BCUT2D eigenvalue weighted by Crippen LogP contribution is -2.01. The van der Waals surface area contributed by atoms with E-state index in [1.54, 1.807) is 18.2 Å². The van der Waals surface area contributed by atoms with E-state index in [2.05, 4.69) is 27.8 Å². The predicted octanol–water partition coefficient (Wildman–Crippen LogP) is 2.75. The van der Waals surface area contributed by atoms with Crippen LogP contribution in [0.25, 0.3) is 0 Å². The first-order valence-electron chi connectivity index (χ1n) is 4.02. The third-order valence-corrected chi connectivity index (χ3v) is 2.05. The largest absolute Gasteiger partial charge is 0.478 e. The van der Waals surface area contributed by atoms with Crippen LogP contribution in [0.1, 0.15) is 10.4 Å². The minimum absolute atomic E-state index is 0.255. The SMILES string of the molecule is C=CCNc1cc(Br)cc(C(=O)O)c1. The lowest BCUT2D eigenvalue weighted by atomic mass is 10.2. The summed E-state index contributed by atoms with van der Waals surface area (Å²) in [5.41, 5.74) is 1.02. The van der Waals surface area contributed by atoms with Gasteiger partial charge in [-0.05, 0) is 18.2 Å². The topological polar surface area (TPSA) is 49.3 Å². The van der Waals surface area contributed by atoms with Gasteiger partial charge in [-0.2, -0.15) is 0 Å². The maximum absolute atomic E-state index is 10.7. The number of aromatic carboxylic acids is 1. The number of hydrogen-bond donors (Lipinski definition) is 2. The van der Waals surface area contributed by atoms with E-state index >= 15 is 0 Å². The van der Waals surface area contributed by atoms with Gasteiger partial charge in [0.1, 0.15) is 0 Å². The smallest absolute Gasteiger partial charge is 0.335 e. The molecule has 0 spiro atoms. The number of carboxylic acid groups (broad SMARTS) is 1. The number of hydrogen-bond acceptors (Lipinski definition) is 2. The maximum atomic E-state index is 10.7. The Bertz CT molecular complexity index is 363. The summed E-state index contributed by atoms with van der Waals surface area (Å²) in [6.45, 7) is 4.17. The molecular weight excluding hydrogens is 246 g/mol. The van der Waals surface area contributed by atoms with Crippen LogP contribution in [0.2, 0.25) is 0 Å². The fourth-order valence-electron chi connectivity index (χ4n) is 1.01. The van der Waals surface area contributed by atoms with Crippen molar-refractivity contribution in [2.24, 2.45) is 0 Å². The van der Waals surface area contributed by atoms with Gasteiger partial charge >= 0.3 is 5.97 Å². The summed E-state index contributed by atoms with van der Waals surface area (Å²) in [4.78, 5) is 10.7. The summed E-state index contributed by atoms with van der Waals surface area (Å²) < 4.78 is 0.740. The highest BCUT2D eigenvalue weighted by molar-refractivity contribution is 9.10. The van der Waals surface area contributed by atoms with E-state index in [1.807, 2.05) is 6.07 Å². The first-order valence-corrected chi connectivity index (χ1v) is 4.81. The number of benzene rings is 1. The third kappa shape index (κ3) is 2.88. The summed E-state index contributed by atoms with van der Waals surface area (Å²) in [7, 11) is 0. The minimum atomic E-state index is -0.937. The first-order chi connectivity index (χ1) is 6.63. The highest BCUT2D eigenvalue weighted by Crippen LogP contribution is 2.19. The Morgan fingerprint density at radius 2 is 2.29 bits per heavy atom. The maximum Gasteiger partial charge on any atom is 0.335 e. The first kappa shape index (κ1) is 10.8. The second kappa shape index (κ2) is 4.81. The molecule has 4 heteroatoms. The molecule has 0 amide bonds. The summed E-state index contributed by atoms with van der Waals surface area (Å²) in [5, 5.41) is 11.8. The van der Waals surface area contributed by atoms with Gasteiger partial charge in [0.05, 0.1) is 5.56 Å². The highest BCUT2D eigenvalue weighted by Gasteiger charge is 2.04. The normalized spacial score (nSPS) is 9.50. The van der Waals surface area contributed by atoms with E-state index in [4.69, 9.17) is 5.11 Å². The number of rotatable bonds is 4. The molecule has 0 atom stereocenters. The quantitative estimate of drug-likeness (QED) is 0.814. The van der Waals surface area contributed by atoms with E-state index in [1.165, 1.54) is 0 Å². The second-order valence-electron chi connectivity index (χ2n) is 2.70. The molecule has 3 nitrogen and oxygen atoms in total. The number of nitrogens with one attached hydrogen (secondary N) is 1. The van der Waals surface area contributed by atoms with Gasteiger partial charge in [0.25, 0.3) is 0 Å². The molecule has 1 aromatic rings. The van der Waals surface area contributed by atoms with Crippen LogP contribution in [-0.4, -0.2) is 17.6 Å². The predicted molar refractivity (Wildman–Crippen MR) is 59.8 cm³/mol. The molecular formula is C10H10BrNO2.